The van der Waals surface area contributed by atoms with Gasteiger partial charge in [-0.2, -0.15) is 0 Å². The third-order valence-corrected chi connectivity index (χ3v) is 4.07. The summed E-state index contributed by atoms with van der Waals surface area (Å²) in [7, 11) is 0. The molecule has 6 heteroatoms. The molecule has 2 N–H and O–H groups in total. The third kappa shape index (κ3) is 4.32. The molecule has 5 nitrogen and oxygen atoms in total. The predicted octanol–water partition coefficient (Wildman–Crippen LogP) is 3.15. The first-order valence-corrected chi connectivity index (χ1v) is 8.24. The number of carbonyl (C=O) groups is 1. The van der Waals surface area contributed by atoms with Crippen molar-refractivity contribution in [2.24, 2.45) is 0 Å². The Labute approximate surface area is 145 Å². The lowest BCUT2D eigenvalue weighted by Gasteiger charge is -2.19. The summed E-state index contributed by atoms with van der Waals surface area (Å²) in [4.78, 5) is 11.9. The summed E-state index contributed by atoms with van der Waals surface area (Å²) in [6.07, 6.45) is 0.692. The van der Waals surface area contributed by atoms with Crippen LogP contribution in [0.25, 0.3) is 0 Å². The molecular weight excluding hydrogens is 328 g/mol. The highest BCUT2D eigenvalue weighted by molar-refractivity contribution is 6.31. The molecule has 2 aromatic rings. The predicted molar refractivity (Wildman–Crippen MR) is 92.8 cm³/mol. The number of benzene rings is 2. The largest absolute Gasteiger partial charge is 0.486 e. The van der Waals surface area contributed by atoms with E-state index in [9.17, 15) is 4.79 Å². The van der Waals surface area contributed by atoms with Crippen LogP contribution < -0.4 is 20.1 Å². The average molecular weight is 347 g/mol. The van der Waals surface area contributed by atoms with Crippen LogP contribution in [-0.2, 0) is 13.0 Å². The lowest BCUT2D eigenvalue weighted by molar-refractivity contribution is 0.171. The number of nitrogens with one attached hydrogen (secondary N) is 2. The van der Waals surface area contributed by atoms with Gasteiger partial charge in [0.05, 0.1) is 0 Å². The molecule has 0 aliphatic carbocycles. The van der Waals surface area contributed by atoms with E-state index in [0.717, 1.165) is 27.6 Å². The van der Waals surface area contributed by atoms with Gasteiger partial charge in [-0.15, -0.1) is 0 Å². The molecule has 1 heterocycles. The fourth-order valence-electron chi connectivity index (χ4n) is 2.45. The van der Waals surface area contributed by atoms with Crippen LogP contribution in [0.1, 0.15) is 11.1 Å². The van der Waals surface area contributed by atoms with Crippen LogP contribution >= 0.6 is 11.6 Å². The lowest BCUT2D eigenvalue weighted by atomic mass is 10.1. The summed E-state index contributed by atoms with van der Waals surface area (Å²) in [5.74, 6) is 1.47. The summed E-state index contributed by atoms with van der Waals surface area (Å²) < 4.78 is 11.0. The van der Waals surface area contributed by atoms with Crippen LogP contribution in [0.5, 0.6) is 11.5 Å². The highest BCUT2D eigenvalue weighted by atomic mass is 35.5. The molecule has 126 valence electrons. The second-order valence-electron chi connectivity index (χ2n) is 5.43. The van der Waals surface area contributed by atoms with Gasteiger partial charge in [0.2, 0.25) is 0 Å². The molecule has 0 atom stereocenters. The molecule has 0 saturated heterocycles. The molecule has 0 unspecified atom stereocenters. The topological polar surface area (TPSA) is 59.6 Å². The molecular formula is C18H19ClN2O3. The second-order valence-corrected chi connectivity index (χ2v) is 5.84. The SMILES string of the molecule is O=C(NCCc1ccccc1Cl)NCc1ccc2c(c1)OCCO2. The Morgan fingerprint density at radius 1 is 1.04 bits per heavy atom. The van der Waals surface area contributed by atoms with Crippen LogP contribution in [0.15, 0.2) is 42.5 Å². The maximum absolute atomic E-state index is 11.9. The van der Waals surface area contributed by atoms with E-state index in [1.165, 1.54) is 0 Å². The van der Waals surface area contributed by atoms with E-state index in [0.29, 0.717) is 32.7 Å². The molecule has 0 aromatic heterocycles. The fourth-order valence-corrected chi connectivity index (χ4v) is 2.68. The van der Waals surface area contributed by atoms with Gasteiger partial charge in [-0.3, -0.25) is 0 Å². The van der Waals surface area contributed by atoms with Crippen molar-refractivity contribution >= 4 is 17.6 Å². The summed E-state index contributed by atoms with van der Waals surface area (Å²) in [6, 6.07) is 13.1. The van der Waals surface area contributed by atoms with E-state index in [1.807, 2.05) is 42.5 Å². The van der Waals surface area contributed by atoms with Gasteiger partial charge < -0.3 is 20.1 Å². The van der Waals surface area contributed by atoms with Gasteiger partial charge >= 0.3 is 6.03 Å². The molecule has 0 bridgehead atoms. The number of halogens is 1. The maximum atomic E-state index is 11.9. The van der Waals surface area contributed by atoms with Crippen molar-refractivity contribution in [1.29, 1.82) is 0 Å². The van der Waals surface area contributed by atoms with Crippen LogP contribution in [0.3, 0.4) is 0 Å². The van der Waals surface area contributed by atoms with Crippen molar-refractivity contribution < 1.29 is 14.3 Å². The zero-order valence-corrected chi connectivity index (χ0v) is 13.9. The first kappa shape index (κ1) is 16.5. The number of ether oxygens (including phenoxy) is 2. The molecule has 24 heavy (non-hydrogen) atoms. The first-order valence-electron chi connectivity index (χ1n) is 7.86. The second kappa shape index (κ2) is 7.93. The Kier molecular flexibility index (Phi) is 5.43. The van der Waals surface area contributed by atoms with E-state index in [-0.39, 0.29) is 6.03 Å². The Balaban J connectivity index is 1.43. The van der Waals surface area contributed by atoms with Gasteiger partial charge in [0, 0.05) is 18.1 Å². The summed E-state index contributed by atoms with van der Waals surface area (Å²) >= 11 is 6.09. The Morgan fingerprint density at radius 3 is 2.67 bits per heavy atom. The molecule has 0 saturated carbocycles. The molecule has 0 fully saturated rings. The minimum atomic E-state index is -0.211. The van der Waals surface area contributed by atoms with Gasteiger partial charge in [0.15, 0.2) is 11.5 Å². The minimum absolute atomic E-state index is 0.211. The van der Waals surface area contributed by atoms with E-state index >= 15 is 0 Å². The normalized spacial score (nSPS) is 12.5. The zero-order chi connectivity index (χ0) is 16.8. The summed E-state index contributed by atoms with van der Waals surface area (Å²) in [5.41, 5.74) is 1.98. The molecule has 0 spiro atoms. The van der Waals surface area contributed by atoms with Gasteiger partial charge in [-0.05, 0) is 35.7 Å². The number of fused-ring (bicyclic) bond motifs is 1. The van der Waals surface area contributed by atoms with Crippen LogP contribution in [0.2, 0.25) is 5.02 Å². The molecule has 0 radical (unpaired) electrons. The van der Waals surface area contributed by atoms with Crippen molar-refractivity contribution in [1.82, 2.24) is 10.6 Å². The third-order valence-electron chi connectivity index (χ3n) is 3.70. The zero-order valence-electron chi connectivity index (χ0n) is 13.2. The number of amides is 2. The van der Waals surface area contributed by atoms with Crippen molar-refractivity contribution in [3.63, 3.8) is 0 Å². The first-order chi connectivity index (χ1) is 11.7. The Morgan fingerprint density at radius 2 is 1.83 bits per heavy atom. The Bertz CT molecular complexity index is 721. The highest BCUT2D eigenvalue weighted by Crippen LogP contribution is 2.30. The monoisotopic (exact) mass is 346 g/mol. The van der Waals surface area contributed by atoms with E-state index in [4.69, 9.17) is 21.1 Å². The number of hydrogen-bond donors (Lipinski definition) is 2. The quantitative estimate of drug-likeness (QED) is 0.874. The van der Waals surface area contributed by atoms with Crippen molar-refractivity contribution in [3.8, 4) is 11.5 Å². The van der Waals surface area contributed by atoms with Gasteiger partial charge in [-0.1, -0.05) is 35.9 Å². The summed E-state index contributed by atoms with van der Waals surface area (Å²) in [5, 5.41) is 6.37. The van der Waals surface area contributed by atoms with Gasteiger partial charge in [0.25, 0.3) is 0 Å². The van der Waals surface area contributed by atoms with Crippen molar-refractivity contribution in [2.45, 2.75) is 13.0 Å². The van der Waals surface area contributed by atoms with Crippen LogP contribution in [0.4, 0.5) is 4.79 Å². The van der Waals surface area contributed by atoms with Crippen LogP contribution in [0, 0.1) is 0 Å². The van der Waals surface area contributed by atoms with E-state index < -0.39 is 0 Å². The minimum Gasteiger partial charge on any atom is -0.486 e. The number of hydrogen-bond acceptors (Lipinski definition) is 3. The molecule has 2 amide bonds. The van der Waals surface area contributed by atoms with Crippen molar-refractivity contribution in [2.75, 3.05) is 19.8 Å². The van der Waals surface area contributed by atoms with Crippen LogP contribution in [-0.4, -0.2) is 25.8 Å². The Hall–Kier alpha value is -2.40. The lowest BCUT2D eigenvalue weighted by Crippen LogP contribution is -2.36. The fraction of sp³-hybridized carbons (Fsp3) is 0.278. The smallest absolute Gasteiger partial charge is 0.315 e. The molecule has 1 aliphatic heterocycles. The number of carbonyl (C=O) groups excluding carboxylic acids is 1. The number of rotatable bonds is 5. The molecule has 1 aliphatic rings. The van der Waals surface area contributed by atoms with E-state index in [2.05, 4.69) is 10.6 Å². The molecule has 2 aromatic carbocycles. The standard InChI is InChI=1S/C18H19ClN2O3/c19-15-4-2-1-3-14(15)7-8-20-18(22)21-12-13-5-6-16-17(11-13)24-10-9-23-16/h1-6,11H,7-10,12H2,(H2,20,21,22). The average Bonchev–Trinajstić information content (AvgIpc) is 2.61. The summed E-state index contributed by atoms with van der Waals surface area (Å²) in [6.45, 7) is 2.07. The molecule has 3 rings (SSSR count). The highest BCUT2D eigenvalue weighted by Gasteiger charge is 2.12. The van der Waals surface area contributed by atoms with E-state index in [1.54, 1.807) is 0 Å². The number of urea groups is 1. The maximum Gasteiger partial charge on any atom is 0.315 e. The van der Waals surface area contributed by atoms with Crippen molar-refractivity contribution in [3.05, 3.63) is 58.6 Å². The van der Waals surface area contributed by atoms with Gasteiger partial charge in [-0.25, -0.2) is 4.79 Å². The van der Waals surface area contributed by atoms with Gasteiger partial charge in [0.1, 0.15) is 13.2 Å².